The summed E-state index contributed by atoms with van der Waals surface area (Å²) in [6.45, 7) is 1.57. The molecule has 1 saturated heterocycles. The Morgan fingerprint density at radius 3 is 2.27 bits per heavy atom. The van der Waals surface area contributed by atoms with Crippen LogP contribution in [0.2, 0.25) is 0 Å². The number of rotatable bonds is 3. The van der Waals surface area contributed by atoms with E-state index in [2.05, 4.69) is 5.32 Å². The van der Waals surface area contributed by atoms with Gasteiger partial charge in [0, 0.05) is 44.1 Å². The van der Waals surface area contributed by atoms with Crippen LogP contribution >= 0.6 is 0 Å². The molecule has 1 aromatic carbocycles. The number of nitrogens with zero attached hydrogens (tertiary/aromatic N) is 3. The molecule has 1 fully saturated rings. The molecule has 8 heteroatoms. The predicted molar refractivity (Wildman–Crippen MR) is 94.3 cm³/mol. The van der Waals surface area contributed by atoms with Crippen molar-refractivity contribution in [1.29, 1.82) is 0 Å². The Morgan fingerprint density at radius 1 is 0.962 bits per heavy atom. The molecule has 1 aromatic heterocycles. The molecule has 0 radical (unpaired) electrons. The number of hydrogen-bond donors (Lipinski definition) is 1. The second-order valence-electron chi connectivity index (χ2n) is 5.97. The van der Waals surface area contributed by atoms with Crippen LogP contribution < -0.4 is 10.9 Å². The highest BCUT2D eigenvalue weighted by atomic mass is 19.1. The summed E-state index contributed by atoms with van der Waals surface area (Å²) in [6.07, 6.45) is 1.58. The van der Waals surface area contributed by atoms with E-state index in [1.807, 2.05) is 0 Å². The molecule has 1 N–H and O–H groups in total. The summed E-state index contributed by atoms with van der Waals surface area (Å²) >= 11 is 0. The van der Waals surface area contributed by atoms with E-state index in [1.54, 1.807) is 28.1 Å². The minimum absolute atomic E-state index is 0.0125. The highest BCUT2D eigenvalue weighted by Gasteiger charge is 2.24. The molecule has 3 rings (SSSR count). The van der Waals surface area contributed by atoms with Gasteiger partial charge >= 0.3 is 6.03 Å². The van der Waals surface area contributed by atoms with Gasteiger partial charge < -0.3 is 19.7 Å². The number of aromatic nitrogens is 1. The van der Waals surface area contributed by atoms with E-state index in [0.717, 1.165) is 0 Å². The third-order valence-electron chi connectivity index (χ3n) is 4.22. The predicted octanol–water partition coefficient (Wildman–Crippen LogP) is 1.36. The monoisotopic (exact) mass is 358 g/mol. The standard InChI is InChI=1S/C18H19FN4O3/c19-14-4-6-15(7-5-14)20-18(26)22-11-9-21(10-12-22)17(25)13-23-8-2-1-3-16(23)24/h1-8H,9-13H2,(H,20,26). The van der Waals surface area contributed by atoms with Crippen LogP contribution in [0.3, 0.4) is 0 Å². The van der Waals surface area contributed by atoms with Crippen LogP contribution in [-0.2, 0) is 11.3 Å². The summed E-state index contributed by atoms with van der Waals surface area (Å²) in [6, 6.07) is 9.98. The zero-order valence-electron chi connectivity index (χ0n) is 14.1. The molecular weight excluding hydrogens is 339 g/mol. The van der Waals surface area contributed by atoms with Crippen LogP contribution in [0.4, 0.5) is 14.9 Å². The van der Waals surface area contributed by atoms with E-state index >= 15 is 0 Å². The van der Waals surface area contributed by atoms with E-state index in [9.17, 15) is 18.8 Å². The van der Waals surface area contributed by atoms with Crippen molar-refractivity contribution in [2.75, 3.05) is 31.5 Å². The first kappa shape index (κ1) is 17.7. The molecule has 0 unspecified atom stereocenters. The van der Waals surface area contributed by atoms with Crippen LogP contribution in [0, 0.1) is 5.82 Å². The van der Waals surface area contributed by atoms with Crippen molar-refractivity contribution in [3.8, 4) is 0 Å². The maximum absolute atomic E-state index is 12.9. The Balaban J connectivity index is 1.51. The molecule has 0 aliphatic carbocycles. The topological polar surface area (TPSA) is 74.7 Å². The van der Waals surface area contributed by atoms with Gasteiger partial charge in [0.05, 0.1) is 0 Å². The molecule has 136 valence electrons. The Hall–Kier alpha value is -3.16. The summed E-state index contributed by atoms with van der Waals surface area (Å²) in [4.78, 5) is 39.5. The number of nitrogens with one attached hydrogen (secondary N) is 1. The number of benzene rings is 1. The molecule has 0 atom stereocenters. The van der Waals surface area contributed by atoms with Crippen LogP contribution in [0.1, 0.15) is 0 Å². The Kier molecular flexibility index (Phi) is 5.31. The molecule has 7 nitrogen and oxygen atoms in total. The zero-order valence-corrected chi connectivity index (χ0v) is 14.1. The number of halogens is 1. The maximum atomic E-state index is 12.9. The summed E-state index contributed by atoms with van der Waals surface area (Å²) in [5, 5.41) is 2.70. The van der Waals surface area contributed by atoms with Gasteiger partial charge in [0.15, 0.2) is 0 Å². The van der Waals surface area contributed by atoms with E-state index in [1.165, 1.54) is 34.9 Å². The van der Waals surface area contributed by atoms with Crippen molar-refractivity contribution in [3.05, 3.63) is 64.8 Å². The fraction of sp³-hybridized carbons (Fsp3) is 0.278. The summed E-state index contributed by atoms with van der Waals surface area (Å²) < 4.78 is 14.3. The van der Waals surface area contributed by atoms with Gasteiger partial charge in [0.25, 0.3) is 5.56 Å². The van der Waals surface area contributed by atoms with Crippen molar-refractivity contribution < 1.29 is 14.0 Å². The Labute approximate surface area is 149 Å². The molecule has 1 aliphatic rings. The van der Waals surface area contributed by atoms with Crippen molar-refractivity contribution in [3.63, 3.8) is 0 Å². The van der Waals surface area contributed by atoms with Gasteiger partial charge in [-0.15, -0.1) is 0 Å². The average molecular weight is 358 g/mol. The van der Waals surface area contributed by atoms with Crippen molar-refractivity contribution in [2.45, 2.75) is 6.54 Å². The molecule has 1 aliphatic heterocycles. The average Bonchev–Trinajstić information content (AvgIpc) is 2.65. The number of carbonyl (C=O) groups excluding carboxylic acids is 2. The van der Waals surface area contributed by atoms with Crippen LogP contribution in [0.5, 0.6) is 0 Å². The first-order valence-electron chi connectivity index (χ1n) is 8.28. The van der Waals surface area contributed by atoms with Crippen molar-refractivity contribution >= 4 is 17.6 Å². The lowest BCUT2D eigenvalue weighted by atomic mass is 10.3. The third-order valence-corrected chi connectivity index (χ3v) is 4.22. The minimum Gasteiger partial charge on any atom is -0.338 e. The molecule has 2 heterocycles. The van der Waals surface area contributed by atoms with E-state index in [-0.39, 0.29) is 29.9 Å². The number of anilines is 1. The number of carbonyl (C=O) groups is 2. The lowest BCUT2D eigenvalue weighted by molar-refractivity contribution is -0.133. The maximum Gasteiger partial charge on any atom is 0.321 e. The van der Waals surface area contributed by atoms with Crippen LogP contribution in [0.15, 0.2) is 53.5 Å². The first-order chi connectivity index (χ1) is 12.5. The van der Waals surface area contributed by atoms with Gasteiger partial charge in [-0.1, -0.05) is 6.07 Å². The number of amides is 3. The SMILES string of the molecule is O=C(Cn1ccccc1=O)N1CCN(C(=O)Nc2ccc(F)cc2)CC1. The second-order valence-corrected chi connectivity index (χ2v) is 5.97. The minimum atomic E-state index is -0.368. The van der Waals surface area contributed by atoms with Gasteiger partial charge in [0.2, 0.25) is 5.91 Å². The highest BCUT2D eigenvalue weighted by Crippen LogP contribution is 2.11. The fourth-order valence-electron chi connectivity index (χ4n) is 2.73. The molecule has 3 amide bonds. The largest absolute Gasteiger partial charge is 0.338 e. The molecule has 0 spiro atoms. The first-order valence-corrected chi connectivity index (χ1v) is 8.28. The molecule has 2 aromatic rings. The van der Waals surface area contributed by atoms with E-state index in [4.69, 9.17) is 0 Å². The van der Waals surface area contributed by atoms with Gasteiger partial charge in [-0.25, -0.2) is 9.18 Å². The van der Waals surface area contributed by atoms with E-state index in [0.29, 0.717) is 31.9 Å². The molecular formula is C18H19FN4O3. The van der Waals surface area contributed by atoms with Gasteiger partial charge in [0.1, 0.15) is 12.4 Å². The lowest BCUT2D eigenvalue weighted by Crippen LogP contribution is -2.52. The molecule has 0 bridgehead atoms. The Morgan fingerprint density at radius 2 is 1.62 bits per heavy atom. The van der Waals surface area contributed by atoms with Gasteiger partial charge in [-0.2, -0.15) is 0 Å². The van der Waals surface area contributed by atoms with Crippen molar-refractivity contribution in [2.24, 2.45) is 0 Å². The zero-order chi connectivity index (χ0) is 18.5. The summed E-state index contributed by atoms with van der Waals surface area (Å²) in [7, 11) is 0. The van der Waals surface area contributed by atoms with Crippen LogP contribution in [0.25, 0.3) is 0 Å². The van der Waals surface area contributed by atoms with Gasteiger partial charge in [-0.05, 0) is 30.3 Å². The summed E-state index contributed by atoms with van der Waals surface area (Å²) in [5.41, 5.74) is 0.288. The number of urea groups is 1. The molecule has 0 saturated carbocycles. The lowest BCUT2D eigenvalue weighted by Gasteiger charge is -2.34. The van der Waals surface area contributed by atoms with E-state index < -0.39 is 0 Å². The summed E-state index contributed by atoms with van der Waals surface area (Å²) in [5.74, 6) is -0.524. The van der Waals surface area contributed by atoms with Crippen LogP contribution in [-0.4, -0.2) is 52.5 Å². The van der Waals surface area contributed by atoms with Crippen molar-refractivity contribution in [1.82, 2.24) is 14.4 Å². The highest BCUT2D eigenvalue weighted by molar-refractivity contribution is 5.89. The Bertz CT molecular complexity index is 842. The quantitative estimate of drug-likeness (QED) is 0.900. The number of hydrogen-bond acceptors (Lipinski definition) is 3. The number of pyridine rings is 1. The second kappa shape index (κ2) is 7.81. The number of piperazine rings is 1. The fourth-order valence-corrected chi connectivity index (χ4v) is 2.73. The van der Waals surface area contributed by atoms with Gasteiger partial charge in [-0.3, -0.25) is 9.59 Å². The smallest absolute Gasteiger partial charge is 0.321 e. The third kappa shape index (κ3) is 4.27. The molecule has 26 heavy (non-hydrogen) atoms. The normalized spacial score (nSPS) is 14.2.